The smallest absolute Gasteiger partial charge is 0.112 e. The maximum atomic E-state index is 5.83. The average Bonchev–Trinajstić information content (AvgIpc) is 2.56. The first-order valence-electron chi connectivity index (χ1n) is 5.23. The molecule has 3 nitrogen and oxygen atoms in total. The van der Waals surface area contributed by atoms with E-state index >= 15 is 0 Å². The molecule has 0 bridgehead atoms. The summed E-state index contributed by atoms with van der Waals surface area (Å²) in [6.07, 6.45) is 1.54. The van der Waals surface area contributed by atoms with E-state index in [2.05, 4.69) is 24.5 Å². The van der Waals surface area contributed by atoms with Gasteiger partial charge in [-0.2, -0.15) is 0 Å². The third-order valence-electron chi connectivity index (χ3n) is 2.96. The first-order chi connectivity index (χ1) is 6.17. The molecule has 2 unspecified atom stereocenters. The summed E-state index contributed by atoms with van der Waals surface area (Å²) in [6, 6.07) is 0. The third-order valence-corrected chi connectivity index (χ3v) is 2.96. The van der Waals surface area contributed by atoms with Gasteiger partial charge < -0.3 is 10.1 Å². The average molecular weight is 221 g/mol. The quantitative estimate of drug-likeness (QED) is 0.692. The van der Waals surface area contributed by atoms with Crippen LogP contribution >= 0.6 is 12.4 Å². The molecule has 2 heterocycles. The Hall–Kier alpha value is 0.170. The van der Waals surface area contributed by atoms with Gasteiger partial charge in [-0.3, -0.25) is 5.32 Å². The zero-order valence-electron chi connectivity index (χ0n) is 9.01. The van der Waals surface area contributed by atoms with Crippen LogP contribution in [-0.2, 0) is 4.74 Å². The van der Waals surface area contributed by atoms with Gasteiger partial charge in [0.2, 0.25) is 0 Å². The Morgan fingerprint density at radius 3 is 2.64 bits per heavy atom. The van der Waals surface area contributed by atoms with Crippen molar-refractivity contribution in [2.45, 2.75) is 26.5 Å². The van der Waals surface area contributed by atoms with Gasteiger partial charge in [-0.05, 0) is 13.0 Å². The summed E-state index contributed by atoms with van der Waals surface area (Å²) in [4.78, 5) is 0. The van der Waals surface area contributed by atoms with Gasteiger partial charge in [0.25, 0.3) is 0 Å². The molecule has 0 aromatic carbocycles. The molecule has 0 aliphatic carbocycles. The summed E-state index contributed by atoms with van der Waals surface area (Å²) in [7, 11) is 0. The molecule has 0 aromatic heterocycles. The second-order valence-corrected chi connectivity index (χ2v) is 5.03. The predicted molar refractivity (Wildman–Crippen MR) is 59.7 cm³/mol. The predicted octanol–water partition coefficient (Wildman–Crippen LogP) is 0.990. The monoisotopic (exact) mass is 220 g/mol. The highest BCUT2D eigenvalue weighted by atomic mass is 35.5. The molecule has 2 atom stereocenters. The summed E-state index contributed by atoms with van der Waals surface area (Å²) in [6.45, 7) is 8.70. The standard InChI is InChI=1S/C10H20N2O.ClH/c1-10(2)6-12-9(13-7-10)8-3-4-11-5-8;/h8-9,11-12H,3-7H2,1-2H3;1H. The van der Waals surface area contributed by atoms with Crippen molar-refractivity contribution in [3.05, 3.63) is 0 Å². The number of ether oxygens (including phenoxy) is 1. The van der Waals surface area contributed by atoms with Crippen LogP contribution < -0.4 is 10.6 Å². The minimum absolute atomic E-state index is 0. The number of hydrogen-bond acceptors (Lipinski definition) is 3. The molecule has 2 fully saturated rings. The molecule has 2 aliphatic heterocycles. The molecule has 0 amide bonds. The Balaban J connectivity index is 0.000000980. The largest absolute Gasteiger partial charge is 0.362 e. The molecule has 0 saturated carbocycles. The van der Waals surface area contributed by atoms with Crippen LogP contribution in [0.15, 0.2) is 0 Å². The van der Waals surface area contributed by atoms with Crippen LogP contribution in [0.3, 0.4) is 0 Å². The molecule has 0 spiro atoms. The fourth-order valence-corrected chi connectivity index (χ4v) is 2.04. The summed E-state index contributed by atoms with van der Waals surface area (Å²) in [5, 5.41) is 6.86. The van der Waals surface area contributed by atoms with Crippen molar-refractivity contribution in [1.82, 2.24) is 10.6 Å². The van der Waals surface area contributed by atoms with E-state index in [4.69, 9.17) is 4.74 Å². The van der Waals surface area contributed by atoms with E-state index in [-0.39, 0.29) is 12.4 Å². The lowest BCUT2D eigenvalue weighted by Gasteiger charge is -2.37. The molecule has 2 rings (SSSR count). The van der Waals surface area contributed by atoms with Crippen LogP contribution in [0.2, 0.25) is 0 Å². The second kappa shape index (κ2) is 4.79. The first-order valence-corrected chi connectivity index (χ1v) is 5.23. The fraction of sp³-hybridized carbons (Fsp3) is 1.00. The van der Waals surface area contributed by atoms with Gasteiger partial charge in [0.15, 0.2) is 0 Å². The zero-order valence-corrected chi connectivity index (χ0v) is 9.82. The van der Waals surface area contributed by atoms with Gasteiger partial charge in [-0.15, -0.1) is 12.4 Å². The summed E-state index contributed by atoms with van der Waals surface area (Å²) >= 11 is 0. The van der Waals surface area contributed by atoms with Crippen molar-refractivity contribution in [3.8, 4) is 0 Å². The first kappa shape index (κ1) is 12.2. The van der Waals surface area contributed by atoms with Crippen molar-refractivity contribution >= 4 is 12.4 Å². The summed E-state index contributed by atoms with van der Waals surface area (Å²) in [5.74, 6) is 0.677. The summed E-state index contributed by atoms with van der Waals surface area (Å²) in [5.41, 5.74) is 0.308. The normalized spacial score (nSPS) is 36.4. The van der Waals surface area contributed by atoms with Crippen LogP contribution in [0, 0.1) is 11.3 Å². The Morgan fingerprint density at radius 1 is 1.36 bits per heavy atom. The minimum atomic E-state index is 0. The lowest BCUT2D eigenvalue weighted by molar-refractivity contribution is -0.0811. The van der Waals surface area contributed by atoms with Crippen LogP contribution in [0.25, 0.3) is 0 Å². The summed E-state index contributed by atoms with van der Waals surface area (Å²) < 4.78 is 5.83. The highest BCUT2D eigenvalue weighted by Crippen LogP contribution is 2.24. The van der Waals surface area contributed by atoms with E-state index in [0.717, 1.165) is 26.2 Å². The van der Waals surface area contributed by atoms with E-state index in [0.29, 0.717) is 17.6 Å². The Kier molecular flexibility index (Phi) is 4.19. The maximum Gasteiger partial charge on any atom is 0.112 e. The highest BCUT2D eigenvalue weighted by Gasteiger charge is 2.32. The Bertz CT molecular complexity index is 171. The Morgan fingerprint density at radius 2 is 2.14 bits per heavy atom. The van der Waals surface area contributed by atoms with Crippen LogP contribution in [0.4, 0.5) is 0 Å². The van der Waals surface area contributed by atoms with Gasteiger partial charge in [-0.25, -0.2) is 0 Å². The van der Waals surface area contributed by atoms with Crippen molar-refractivity contribution in [1.29, 1.82) is 0 Å². The number of hydrogen-bond donors (Lipinski definition) is 2. The van der Waals surface area contributed by atoms with E-state index in [9.17, 15) is 0 Å². The van der Waals surface area contributed by atoms with E-state index in [1.165, 1.54) is 6.42 Å². The molecule has 2 N–H and O–H groups in total. The highest BCUT2D eigenvalue weighted by molar-refractivity contribution is 5.85. The van der Waals surface area contributed by atoms with Crippen molar-refractivity contribution in [2.75, 3.05) is 26.2 Å². The van der Waals surface area contributed by atoms with Crippen molar-refractivity contribution in [2.24, 2.45) is 11.3 Å². The van der Waals surface area contributed by atoms with Gasteiger partial charge in [0.05, 0.1) is 6.61 Å². The minimum Gasteiger partial charge on any atom is -0.362 e. The van der Waals surface area contributed by atoms with Crippen LogP contribution in [0.1, 0.15) is 20.3 Å². The SMILES string of the molecule is CC1(C)CNC(C2CCNC2)OC1.Cl. The lowest BCUT2D eigenvalue weighted by atomic mass is 9.92. The molecule has 2 aliphatic rings. The zero-order chi connectivity index (χ0) is 9.31. The van der Waals surface area contributed by atoms with Gasteiger partial charge in [0, 0.05) is 24.4 Å². The number of halogens is 1. The van der Waals surface area contributed by atoms with Gasteiger partial charge >= 0.3 is 0 Å². The third kappa shape index (κ3) is 2.83. The van der Waals surface area contributed by atoms with E-state index < -0.39 is 0 Å². The molecule has 4 heteroatoms. The molecular formula is C10H21ClN2O. The van der Waals surface area contributed by atoms with Crippen molar-refractivity contribution in [3.63, 3.8) is 0 Å². The Labute approximate surface area is 92.4 Å². The fourth-order valence-electron chi connectivity index (χ4n) is 2.04. The lowest BCUT2D eigenvalue weighted by Crippen LogP contribution is -2.51. The van der Waals surface area contributed by atoms with E-state index in [1.54, 1.807) is 0 Å². The second-order valence-electron chi connectivity index (χ2n) is 5.03. The number of rotatable bonds is 1. The van der Waals surface area contributed by atoms with Crippen molar-refractivity contribution < 1.29 is 4.74 Å². The van der Waals surface area contributed by atoms with Gasteiger partial charge in [-0.1, -0.05) is 13.8 Å². The van der Waals surface area contributed by atoms with Crippen LogP contribution in [0.5, 0.6) is 0 Å². The van der Waals surface area contributed by atoms with Gasteiger partial charge in [0.1, 0.15) is 6.23 Å². The maximum absolute atomic E-state index is 5.83. The molecule has 14 heavy (non-hydrogen) atoms. The number of nitrogens with one attached hydrogen (secondary N) is 2. The molecule has 0 radical (unpaired) electrons. The molecule has 0 aromatic rings. The molecule has 2 saturated heterocycles. The molecular weight excluding hydrogens is 200 g/mol. The molecule has 84 valence electrons. The topological polar surface area (TPSA) is 33.3 Å². The van der Waals surface area contributed by atoms with Crippen LogP contribution in [-0.4, -0.2) is 32.5 Å². The van der Waals surface area contributed by atoms with E-state index in [1.807, 2.05) is 0 Å².